The summed E-state index contributed by atoms with van der Waals surface area (Å²) in [5.74, 6) is 1.26. The largest absolute Gasteiger partial charge is 0.497 e. The number of nitrogens with zero attached hydrogens (tertiary/aromatic N) is 2. The maximum Gasteiger partial charge on any atom is 0.247 e. The Morgan fingerprint density at radius 3 is 2.27 bits per heavy atom. The Balaban J connectivity index is 2.05. The molecule has 0 spiro atoms. The molecule has 138 valence electrons. The van der Waals surface area contributed by atoms with Crippen molar-refractivity contribution in [2.45, 2.75) is 19.4 Å². The van der Waals surface area contributed by atoms with E-state index in [4.69, 9.17) is 9.47 Å². The van der Waals surface area contributed by atoms with Gasteiger partial charge < -0.3 is 9.47 Å². The summed E-state index contributed by atoms with van der Waals surface area (Å²) >= 11 is 0. The number of aryl methyl sites for hydroxylation is 1. The summed E-state index contributed by atoms with van der Waals surface area (Å²) in [4.78, 5) is 0. The highest BCUT2D eigenvalue weighted by Crippen LogP contribution is 2.36. The summed E-state index contributed by atoms with van der Waals surface area (Å²) in [5, 5.41) is 4.42. The van der Waals surface area contributed by atoms with Crippen molar-refractivity contribution in [3.63, 3.8) is 0 Å². The fraction of sp³-hybridized carbons (Fsp3) is 0.316. The minimum Gasteiger partial charge on any atom is -0.497 e. The van der Waals surface area contributed by atoms with Crippen LogP contribution in [0.4, 0.5) is 0 Å². The van der Waals surface area contributed by atoms with Crippen molar-refractivity contribution in [1.29, 1.82) is 0 Å². The van der Waals surface area contributed by atoms with Gasteiger partial charge >= 0.3 is 0 Å². The van der Waals surface area contributed by atoms with Gasteiger partial charge in [-0.15, -0.1) is 0 Å². The standard InChI is InChI=1S/C19H22N2O4S/c1-13-6-5-7-14(8-13)19-12-18(20-21(19)26(4,22)23)15-9-16(24-2)11-17(10-15)25-3/h5-11,19H,12H2,1-4H3/t19-/m1/s1. The van der Waals surface area contributed by atoms with Gasteiger partial charge in [-0.1, -0.05) is 29.8 Å². The molecule has 0 fully saturated rings. The SMILES string of the molecule is COc1cc(OC)cc(C2=NN(S(C)(=O)=O)[C@@H](c3cccc(C)c3)C2)c1. The molecular weight excluding hydrogens is 352 g/mol. The maximum atomic E-state index is 12.3. The van der Waals surface area contributed by atoms with Crippen LogP contribution in [0.1, 0.15) is 29.2 Å². The zero-order valence-corrected chi connectivity index (χ0v) is 16.1. The molecule has 0 amide bonds. The van der Waals surface area contributed by atoms with E-state index in [1.165, 1.54) is 10.7 Å². The van der Waals surface area contributed by atoms with Crippen molar-refractivity contribution in [2.75, 3.05) is 20.5 Å². The third-order valence-corrected chi connectivity index (χ3v) is 5.34. The van der Waals surface area contributed by atoms with Gasteiger partial charge in [-0.3, -0.25) is 0 Å². The van der Waals surface area contributed by atoms with Crippen LogP contribution in [0.3, 0.4) is 0 Å². The van der Waals surface area contributed by atoms with Crippen molar-refractivity contribution in [3.05, 3.63) is 59.2 Å². The average Bonchev–Trinajstić information content (AvgIpc) is 3.07. The molecule has 3 rings (SSSR count). The normalized spacial score (nSPS) is 17.2. The summed E-state index contributed by atoms with van der Waals surface area (Å²) in [5.41, 5.74) is 3.46. The van der Waals surface area contributed by atoms with Crippen LogP contribution in [-0.4, -0.2) is 39.0 Å². The van der Waals surface area contributed by atoms with Crippen molar-refractivity contribution >= 4 is 15.7 Å². The van der Waals surface area contributed by atoms with Gasteiger partial charge in [0.25, 0.3) is 0 Å². The quantitative estimate of drug-likeness (QED) is 0.806. The van der Waals surface area contributed by atoms with E-state index in [-0.39, 0.29) is 6.04 Å². The van der Waals surface area contributed by atoms with E-state index >= 15 is 0 Å². The van der Waals surface area contributed by atoms with Crippen LogP contribution in [0.25, 0.3) is 0 Å². The lowest BCUT2D eigenvalue weighted by molar-refractivity contribution is 0.374. The molecule has 1 aliphatic rings. The molecule has 0 unspecified atom stereocenters. The second-order valence-corrected chi connectivity index (χ2v) is 8.16. The molecule has 0 aliphatic carbocycles. The highest BCUT2D eigenvalue weighted by atomic mass is 32.2. The first-order valence-corrected chi connectivity index (χ1v) is 10.0. The van der Waals surface area contributed by atoms with E-state index in [0.717, 1.165) is 16.7 Å². The molecule has 0 saturated heterocycles. The third kappa shape index (κ3) is 3.67. The Morgan fingerprint density at radius 1 is 1.08 bits per heavy atom. The third-order valence-electron chi connectivity index (χ3n) is 4.32. The van der Waals surface area contributed by atoms with Crippen LogP contribution in [0.5, 0.6) is 11.5 Å². The molecular formula is C19H22N2O4S. The number of hydrogen-bond donors (Lipinski definition) is 0. The van der Waals surface area contributed by atoms with E-state index in [1.807, 2.05) is 43.3 Å². The van der Waals surface area contributed by atoms with Gasteiger partial charge in [0.1, 0.15) is 11.5 Å². The van der Waals surface area contributed by atoms with Gasteiger partial charge in [0.05, 0.1) is 32.2 Å². The second kappa shape index (κ2) is 6.99. The lowest BCUT2D eigenvalue weighted by atomic mass is 9.98. The van der Waals surface area contributed by atoms with E-state index < -0.39 is 10.0 Å². The molecule has 2 aromatic carbocycles. The molecule has 26 heavy (non-hydrogen) atoms. The predicted octanol–water partition coefficient (Wildman–Crippen LogP) is 3.12. The maximum absolute atomic E-state index is 12.3. The highest BCUT2D eigenvalue weighted by molar-refractivity contribution is 7.88. The molecule has 1 aliphatic heterocycles. The van der Waals surface area contributed by atoms with Crippen molar-refractivity contribution in [3.8, 4) is 11.5 Å². The minimum atomic E-state index is -3.50. The molecule has 1 heterocycles. The number of benzene rings is 2. The Bertz CT molecular complexity index is 932. The van der Waals surface area contributed by atoms with Crippen LogP contribution in [0, 0.1) is 6.92 Å². The Kier molecular flexibility index (Phi) is 4.91. The zero-order chi connectivity index (χ0) is 18.9. The van der Waals surface area contributed by atoms with Gasteiger partial charge in [-0.25, -0.2) is 8.42 Å². The number of rotatable bonds is 5. The number of hydrazone groups is 1. The molecule has 7 heteroatoms. The first kappa shape index (κ1) is 18.3. The van der Waals surface area contributed by atoms with E-state index in [2.05, 4.69) is 5.10 Å². The second-order valence-electron chi connectivity index (χ2n) is 6.32. The van der Waals surface area contributed by atoms with Crippen LogP contribution in [0.2, 0.25) is 0 Å². The van der Waals surface area contributed by atoms with Crippen LogP contribution < -0.4 is 9.47 Å². The summed E-state index contributed by atoms with van der Waals surface area (Å²) in [6.07, 6.45) is 1.65. The van der Waals surface area contributed by atoms with Crippen LogP contribution in [0.15, 0.2) is 47.6 Å². The smallest absolute Gasteiger partial charge is 0.247 e. The molecule has 0 aromatic heterocycles. The van der Waals surface area contributed by atoms with Gasteiger partial charge in [0.15, 0.2) is 0 Å². The fourth-order valence-corrected chi connectivity index (χ4v) is 3.97. The Morgan fingerprint density at radius 2 is 1.73 bits per heavy atom. The van der Waals surface area contributed by atoms with Crippen molar-refractivity contribution in [1.82, 2.24) is 4.41 Å². The topological polar surface area (TPSA) is 68.2 Å². The summed E-state index contributed by atoms with van der Waals surface area (Å²) in [7, 11) is -0.348. The molecule has 2 aromatic rings. The van der Waals surface area contributed by atoms with Crippen LogP contribution in [-0.2, 0) is 10.0 Å². The number of sulfonamides is 1. The number of ether oxygens (including phenoxy) is 2. The van der Waals surface area contributed by atoms with Gasteiger partial charge in [0.2, 0.25) is 10.0 Å². The number of methoxy groups -OCH3 is 2. The molecule has 0 bridgehead atoms. The van der Waals surface area contributed by atoms with Gasteiger partial charge in [0, 0.05) is 18.1 Å². The van der Waals surface area contributed by atoms with Crippen molar-refractivity contribution in [2.24, 2.45) is 5.10 Å². The first-order chi connectivity index (χ1) is 12.3. The van der Waals surface area contributed by atoms with Crippen molar-refractivity contribution < 1.29 is 17.9 Å². The van der Waals surface area contributed by atoms with Gasteiger partial charge in [-0.2, -0.15) is 9.52 Å². The van der Waals surface area contributed by atoms with E-state index in [0.29, 0.717) is 23.6 Å². The number of hydrogen-bond acceptors (Lipinski definition) is 5. The summed E-state index contributed by atoms with van der Waals surface area (Å²) < 4.78 is 36.4. The minimum absolute atomic E-state index is 0.364. The molecule has 6 nitrogen and oxygen atoms in total. The lowest BCUT2D eigenvalue weighted by Gasteiger charge is -2.21. The van der Waals surface area contributed by atoms with Crippen LogP contribution >= 0.6 is 0 Å². The first-order valence-electron chi connectivity index (χ1n) is 8.18. The lowest BCUT2D eigenvalue weighted by Crippen LogP contribution is -2.25. The Hall–Kier alpha value is -2.54. The monoisotopic (exact) mass is 374 g/mol. The Labute approximate surface area is 154 Å². The molecule has 0 saturated carbocycles. The molecule has 0 N–H and O–H groups in total. The van der Waals surface area contributed by atoms with E-state index in [9.17, 15) is 8.42 Å². The summed E-state index contributed by atoms with van der Waals surface area (Å²) in [6, 6.07) is 12.9. The summed E-state index contributed by atoms with van der Waals surface area (Å²) in [6.45, 7) is 1.98. The fourth-order valence-electron chi connectivity index (χ4n) is 3.07. The van der Waals surface area contributed by atoms with Gasteiger partial charge in [-0.05, 0) is 24.6 Å². The molecule has 1 atom stereocenters. The average molecular weight is 374 g/mol. The van der Waals surface area contributed by atoms with E-state index in [1.54, 1.807) is 20.3 Å². The predicted molar refractivity (Wildman–Crippen MR) is 101 cm³/mol. The zero-order valence-electron chi connectivity index (χ0n) is 15.3. The highest BCUT2D eigenvalue weighted by Gasteiger charge is 2.34. The molecule has 0 radical (unpaired) electrons.